The molecule has 3 unspecified atom stereocenters. The Morgan fingerprint density at radius 3 is 3.15 bits per heavy atom. The molecule has 1 fully saturated rings. The van der Waals surface area contributed by atoms with Gasteiger partial charge in [0.15, 0.2) is 4.96 Å². The fourth-order valence-corrected chi connectivity index (χ4v) is 3.61. The van der Waals surface area contributed by atoms with E-state index in [-0.39, 0.29) is 0 Å². The Kier molecular flexibility index (Phi) is 4.38. The predicted octanol–water partition coefficient (Wildman–Crippen LogP) is 2.87. The van der Waals surface area contributed by atoms with Crippen molar-refractivity contribution in [1.82, 2.24) is 14.7 Å². The minimum atomic E-state index is 0.330. The van der Waals surface area contributed by atoms with Gasteiger partial charge >= 0.3 is 0 Å². The van der Waals surface area contributed by atoms with Crippen molar-refractivity contribution in [2.45, 2.75) is 57.8 Å². The molecule has 5 heteroatoms. The molecule has 0 amide bonds. The SMILES string of the molecule is CCCNC(Cc1cn2ccsc2n1)C1CCC(C)O1. The largest absolute Gasteiger partial charge is 0.374 e. The Morgan fingerprint density at radius 2 is 2.45 bits per heavy atom. The second-order valence-electron chi connectivity index (χ2n) is 5.65. The van der Waals surface area contributed by atoms with E-state index < -0.39 is 0 Å². The van der Waals surface area contributed by atoms with E-state index >= 15 is 0 Å². The van der Waals surface area contributed by atoms with E-state index in [1.165, 1.54) is 6.42 Å². The number of hydrogen-bond acceptors (Lipinski definition) is 4. The maximum Gasteiger partial charge on any atom is 0.193 e. The van der Waals surface area contributed by atoms with Gasteiger partial charge < -0.3 is 10.1 Å². The van der Waals surface area contributed by atoms with Crippen molar-refractivity contribution >= 4 is 16.3 Å². The van der Waals surface area contributed by atoms with Crippen molar-refractivity contribution in [3.8, 4) is 0 Å². The average molecular weight is 293 g/mol. The number of rotatable bonds is 6. The molecule has 2 aromatic rings. The van der Waals surface area contributed by atoms with E-state index in [9.17, 15) is 0 Å². The van der Waals surface area contributed by atoms with Gasteiger partial charge in [0.25, 0.3) is 0 Å². The Balaban J connectivity index is 1.70. The van der Waals surface area contributed by atoms with Crippen LogP contribution in [-0.2, 0) is 11.2 Å². The van der Waals surface area contributed by atoms with Gasteiger partial charge in [0.2, 0.25) is 0 Å². The van der Waals surface area contributed by atoms with Crippen LogP contribution in [0.3, 0.4) is 0 Å². The van der Waals surface area contributed by atoms with Crippen LogP contribution in [0.15, 0.2) is 17.8 Å². The van der Waals surface area contributed by atoms with Crippen LogP contribution in [0, 0.1) is 0 Å². The Bertz CT molecular complexity index is 522. The molecule has 1 aliphatic heterocycles. The van der Waals surface area contributed by atoms with Gasteiger partial charge in [-0.2, -0.15) is 0 Å². The zero-order chi connectivity index (χ0) is 13.9. The van der Waals surface area contributed by atoms with Crippen LogP contribution < -0.4 is 5.32 Å². The second-order valence-corrected chi connectivity index (χ2v) is 6.53. The fraction of sp³-hybridized carbons (Fsp3) is 0.667. The highest BCUT2D eigenvalue weighted by atomic mass is 32.1. The molecule has 4 nitrogen and oxygen atoms in total. The number of nitrogens with zero attached hydrogens (tertiary/aromatic N) is 2. The summed E-state index contributed by atoms with van der Waals surface area (Å²) < 4.78 is 8.16. The Morgan fingerprint density at radius 1 is 1.55 bits per heavy atom. The van der Waals surface area contributed by atoms with Crippen molar-refractivity contribution < 1.29 is 4.74 Å². The third kappa shape index (κ3) is 3.05. The highest BCUT2D eigenvalue weighted by Crippen LogP contribution is 2.24. The Labute approximate surface area is 124 Å². The van der Waals surface area contributed by atoms with E-state index in [1.54, 1.807) is 11.3 Å². The molecule has 20 heavy (non-hydrogen) atoms. The maximum atomic E-state index is 6.05. The van der Waals surface area contributed by atoms with E-state index in [1.807, 2.05) is 0 Å². The number of thiazole rings is 1. The quantitative estimate of drug-likeness (QED) is 0.890. The minimum Gasteiger partial charge on any atom is -0.374 e. The van der Waals surface area contributed by atoms with Crippen molar-refractivity contribution in [3.63, 3.8) is 0 Å². The second kappa shape index (κ2) is 6.24. The third-order valence-electron chi connectivity index (χ3n) is 3.94. The first kappa shape index (κ1) is 14.0. The Hall–Kier alpha value is -0.910. The van der Waals surface area contributed by atoms with Gasteiger partial charge in [0.1, 0.15) is 0 Å². The number of hydrogen-bond donors (Lipinski definition) is 1. The van der Waals surface area contributed by atoms with Crippen molar-refractivity contribution in [3.05, 3.63) is 23.5 Å². The molecule has 3 rings (SSSR count). The number of aromatic nitrogens is 2. The summed E-state index contributed by atoms with van der Waals surface area (Å²) in [5.41, 5.74) is 1.16. The lowest BCUT2D eigenvalue weighted by Crippen LogP contribution is -2.42. The lowest BCUT2D eigenvalue weighted by atomic mass is 10.0. The van der Waals surface area contributed by atoms with Crippen molar-refractivity contribution in [1.29, 1.82) is 0 Å². The lowest BCUT2D eigenvalue weighted by Gasteiger charge is -2.24. The molecule has 3 heterocycles. The smallest absolute Gasteiger partial charge is 0.193 e. The zero-order valence-electron chi connectivity index (χ0n) is 12.2. The van der Waals surface area contributed by atoms with Gasteiger partial charge in [-0.1, -0.05) is 6.92 Å². The highest BCUT2D eigenvalue weighted by Gasteiger charge is 2.29. The molecule has 3 atom stereocenters. The van der Waals surface area contributed by atoms with Crippen LogP contribution in [0.4, 0.5) is 0 Å². The molecule has 1 N–H and O–H groups in total. The molecule has 0 aliphatic carbocycles. The normalized spacial score (nSPS) is 24.5. The van der Waals surface area contributed by atoms with Gasteiger partial charge in [-0.3, -0.25) is 4.40 Å². The van der Waals surface area contributed by atoms with Gasteiger partial charge in [0.05, 0.1) is 17.9 Å². The van der Waals surface area contributed by atoms with Crippen LogP contribution in [0.5, 0.6) is 0 Å². The summed E-state index contributed by atoms with van der Waals surface area (Å²) in [4.78, 5) is 5.78. The summed E-state index contributed by atoms with van der Waals surface area (Å²) in [6.07, 6.45) is 9.37. The van der Waals surface area contributed by atoms with Crippen LogP contribution >= 0.6 is 11.3 Å². The maximum absolute atomic E-state index is 6.05. The molecule has 2 aromatic heterocycles. The van der Waals surface area contributed by atoms with Crippen LogP contribution in [0.25, 0.3) is 4.96 Å². The zero-order valence-corrected chi connectivity index (χ0v) is 13.0. The molecular weight excluding hydrogens is 270 g/mol. The van der Waals surface area contributed by atoms with Crippen LogP contribution in [-0.4, -0.2) is 34.2 Å². The highest BCUT2D eigenvalue weighted by molar-refractivity contribution is 7.15. The first-order valence-corrected chi connectivity index (χ1v) is 8.44. The monoisotopic (exact) mass is 293 g/mol. The first-order valence-electron chi connectivity index (χ1n) is 7.56. The molecule has 0 spiro atoms. The number of ether oxygens (including phenoxy) is 1. The fourth-order valence-electron chi connectivity index (χ4n) is 2.89. The molecule has 0 aromatic carbocycles. The van der Waals surface area contributed by atoms with Gasteiger partial charge in [0, 0.05) is 30.2 Å². The summed E-state index contributed by atoms with van der Waals surface area (Å²) in [5.74, 6) is 0. The minimum absolute atomic E-state index is 0.330. The van der Waals surface area contributed by atoms with Crippen molar-refractivity contribution in [2.24, 2.45) is 0 Å². The summed E-state index contributed by atoms with van der Waals surface area (Å²) in [6, 6.07) is 0.379. The van der Waals surface area contributed by atoms with E-state index in [0.29, 0.717) is 18.2 Å². The first-order chi connectivity index (χ1) is 9.76. The molecule has 0 radical (unpaired) electrons. The average Bonchev–Trinajstić information content (AvgIpc) is 3.09. The van der Waals surface area contributed by atoms with Gasteiger partial charge in [-0.15, -0.1) is 11.3 Å². The summed E-state index contributed by atoms with van der Waals surface area (Å²) in [5, 5.41) is 5.72. The van der Waals surface area contributed by atoms with E-state index in [2.05, 4.69) is 41.3 Å². The summed E-state index contributed by atoms with van der Waals surface area (Å²) in [7, 11) is 0. The number of nitrogens with one attached hydrogen (secondary N) is 1. The standard InChI is InChI=1S/C15H23N3OS/c1-3-6-16-13(14-5-4-11(2)19-14)9-12-10-18-7-8-20-15(18)17-12/h7-8,10-11,13-14,16H,3-6,9H2,1-2H3. The topological polar surface area (TPSA) is 38.6 Å². The summed E-state index contributed by atoms with van der Waals surface area (Å²) in [6.45, 7) is 5.42. The molecule has 0 saturated carbocycles. The predicted molar refractivity (Wildman–Crippen MR) is 82.4 cm³/mol. The lowest BCUT2D eigenvalue weighted by molar-refractivity contribution is 0.0319. The van der Waals surface area contributed by atoms with Crippen LogP contribution in [0.1, 0.15) is 38.8 Å². The third-order valence-corrected chi connectivity index (χ3v) is 4.71. The molecule has 110 valence electrons. The molecule has 1 aliphatic rings. The summed E-state index contributed by atoms with van der Waals surface area (Å²) >= 11 is 1.69. The van der Waals surface area contributed by atoms with Crippen molar-refractivity contribution in [2.75, 3.05) is 6.54 Å². The molecule has 1 saturated heterocycles. The molecule has 0 bridgehead atoms. The number of fused-ring (bicyclic) bond motifs is 1. The van der Waals surface area contributed by atoms with E-state index in [0.717, 1.165) is 36.5 Å². The number of imidazole rings is 1. The van der Waals surface area contributed by atoms with Gasteiger partial charge in [-0.05, 0) is 32.7 Å². The molecular formula is C15H23N3OS. The van der Waals surface area contributed by atoms with Gasteiger partial charge in [-0.25, -0.2) is 4.98 Å². The van der Waals surface area contributed by atoms with Crippen LogP contribution in [0.2, 0.25) is 0 Å². The van der Waals surface area contributed by atoms with E-state index in [4.69, 9.17) is 9.72 Å².